The molecule has 0 radical (unpaired) electrons. The minimum atomic E-state index is -0.368. The summed E-state index contributed by atoms with van der Waals surface area (Å²) >= 11 is 7.04. The molecule has 1 aromatic heterocycles. The minimum Gasteiger partial charge on any atom is -0.392 e. The van der Waals surface area contributed by atoms with E-state index in [0.29, 0.717) is 15.5 Å². The van der Waals surface area contributed by atoms with Gasteiger partial charge in [-0.05, 0) is 35.9 Å². The average molecular weight is 270 g/mol. The first-order chi connectivity index (χ1) is 8.17. The van der Waals surface area contributed by atoms with Crippen LogP contribution in [0.1, 0.15) is 5.56 Å². The first kappa shape index (κ1) is 12.4. The van der Waals surface area contributed by atoms with Crippen LogP contribution >= 0.6 is 23.4 Å². The second kappa shape index (κ2) is 5.49. The van der Waals surface area contributed by atoms with Gasteiger partial charge in [0.15, 0.2) is 0 Å². The number of benzene rings is 1. The summed E-state index contributed by atoms with van der Waals surface area (Å²) in [7, 11) is 0. The molecule has 0 saturated carbocycles. The van der Waals surface area contributed by atoms with E-state index in [0.717, 1.165) is 5.03 Å². The van der Waals surface area contributed by atoms with Crippen LogP contribution in [0.4, 0.5) is 4.39 Å². The van der Waals surface area contributed by atoms with Gasteiger partial charge in [0, 0.05) is 11.1 Å². The fraction of sp³-hybridized carbons (Fsp3) is 0.0833. The maximum absolute atomic E-state index is 13.2. The molecule has 2 aromatic rings. The van der Waals surface area contributed by atoms with Gasteiger partial charge in [-0.1, -0.05) is 23.4 Å². The summed E-state index contributed by atoms with van der Waals surface area (Å²) in [5, 5.41) is 10.3. The van der Waals surface area contributed by atoms with E-state index in [1.54, 1.807) is 18.2 Å². The van der Waals surface area contributed by atoms with E-state index in [9.17, 15) is 4.39 Å². The zero-order chi connectivity index (χ0) is 12.3. The van der Waals surface area contributed by atoms with Crippen molar-refractivity contribution in [2.24, 2.45) is 0 Å². The van der Waals surface area contributed by atoms with Crippen LogP contribution < -0.4 is 0 Å². The molecule has 0 bridgehead atoms. The smallest absolute Gasteiger partial charge is 0.124 e. The number of hydrogen-bond donors (Lipinski definition) is 1. The fourth-order valence-electron chi connectivity index (χ4n) is 1.31. The van der Waals surface area contributed by atoms with Crippen molar-refractivity contribution in [1.29, 1.82) is 0 Å². The van der Waals surface area contributed by atoms with E-state index in [-0.39, 0.29) is 12.4 Å². The lowest BCUT2D eigenvalue weighted by Gasteiger charge is -2.03. The highest BCUT2D eigenvalue weighted by molar-refractivity contribution is 7.99. The Kier molecular flexibility index (Phi) is 3.99. The van der Waals surface area contributed by atoms with Crippen LogP contribution in [0, 0.1) is 5.82 Å². The molecule has 0 amide bonds. The molecular formula is C12H9ClFNOS. The lowest BCUT2D eigenvalue weighted by atomic mass is 10.2. The van der Waals surface area contributed by atoms with Crippen molar-refractivity contribution in [3.63, 3.8) is 0 Å². The quantitative estimate of drug-likeness (QED) is 0.926. The molecule has 0 aliphatic rings. The summed E-state index contributed by atoms with van der Waals surface area (Å²) < 4.78 is 13.2. The molecule has 17 heavy (non-hydrogen) atoms. The molecule has 1 aromatic carbocycles. The maximum atomic E-state index is 13.2. The van der Waals surface area contributed by atoms with Crippen molar-refractivity contribution in [1.82, 2.24) is 4.98 Å². The van der Waals surface area contributed by atoms with Crippen LogP contribution in [0.5, 0.6) is 0 Å². The summed E-state index contributed by atoms with van der Waals surface area (Å²) in [5.74, 6) is -0.368. The van der Waals surface area contributed by atoms with Crippen LogP contribution in [-0.4, -0.2) is 10.1 Å². The van der Waals surface area contributed by atoms with Crippen molar-refractivity contribution in [2.75, 3.05) is 0 Å². The fourth-order valence-corrected chi connectivity index (χ4v) is 2.29. The first-order valence-electron chi connectivity index (χ1n) is 4.87. The Morgan fingerprint density at radius 1 is 1.29 bits per heavy atom. The Balaban J connectivity index is 2.23. The van der Waals surface area contributed by atoms with E-state index in [1.165, 1.54) is 30.1 Å². The predicted octanol–water partition coefficient (Wildman–Crippen LogP) is 3.52. The second-order valence-electron chi connectivity index (χ2n) is 3.37. The predicted molar refractivity (Wildman–Crippen MR) is 65.7 cm³/mol. The molecule has 0 fully saturated rings. The van der Waals surface area contributed by atoms with Crippen molar-refractivity contribution in [3.8, 4) is 0 Å². The Labute approximate surface area is 107 Å². The van der Waals surface area contributed by atoms with Gasteiger partial charge >= 0.3 is 0 Å². The molecule has 2 rings (SSSR count). The van der Waals surface area contributed by atoms with E-state index >= 15 is 0 Å². The topological polar surface area (TPSA) is 33.1 Å². The standard InChI is InChI=1S/C12H9ClFNOS/c13-9-1-2-12(15-6-9)17-11-4-8(7-16)3-10(14)5-11/h1-6,16H,7H2. The van der Waals surface area contributed by atoms with Crippen LogP contribution in [0.2, 0.25) is 5.02 Å². The highest BCUT2D eigenvalue weighted by atomic mass is 35.5. The van der Waals surface area contributed by atoms with Crippen LogP contribution in [-0.2, 0) is 6.61 Å². The number of aliphatic hydroxyl groups is 1. The Morgan fingerprint density at radius 2 is 2.12 bits per heavy atom. The lowest BCUT2D eigenvalue weighted by Crippen LogP contribution is -1.87. The molecule has 1 N–H and O–H groups in total. The van der Waals surface area contributed by atoms with Gasteiger partial charge in [0.1, 0.15) is 10.8 Å². The summed E-state index contributed by atoms with van der Waals surface area (Å²) in [5.41, 5.74) is 0.543. The number of rotatable bonds is 3. The number of aromatic nitrogens is 1. The highest BCUT2D eigenvalue weighted by Gasteiger charge is 2.03. The van der Waals surface area contributed by atoms with Gasteiger partial charge in [-0.2, -0.15) is 0 Å². The molecule has 2 nitrogen and oxygen atoms in total. The van der Waals surface area contributed by atoms with Crippen molar-refractivity contribution >= 4 is 23.4 Å². The van der Waals surface area contributed by atoms with E-state index in [2.05, 4.69) is 4.98 Å². The third kappa shape index (κ3) is 3.43. The molecule has 0 saturated heterocycles. The molecule has 5 heteroatoms. The molecule has 1 heterocycles. The van der Waals surface area contributed by atoms with E-state index in [4.69, 9.17) is 16.7 Å². The third-order valence-corrected chi connectivity index (χ3v) is 3.18. The van der Waals surface area contributed by atoms with Crippen LogP contribution in [0.25, 0.3) is 0 Å². The number of halogens is 2. The Morgan fingerprint density at radius 3 is 2.76 bits per heavy atom. The second-order valence-corrected chi connectivity index (χ2v) is 4.90. The molecule has 0 aliphatic heterocycles. The number of aliphatic hydroxyl groups excluding tert-OH is 1. The van der Waals surface area contributed by atoms with Gasteiger partial charge in [0.25, 0.3) is 0 Å². The summed E-state index contributed by atoms with van der Waals surface area (Å²) in [6, 6.07) is 7.92. The van der Waals surface area contributed by atoms with E-state index in [1.807, 2.05) is 0 Å². The van der Waals surface area contributed by atoms with Gasteiger partial charge in [0.2, 0.25) is 0 Å². The van der Waals surface area contributed by atoms with Gasteiger partial charge < -0.3 is 5.11 Å². The monoisotopic (exact) mass is 269 g/mol. The molecule has 0 atom stereocenters. The molecule has 0 aliphatic carbocycles. The SMILES string of the molecule is OCc1cc(F)cc(Sc2ccc(Cl)cn2)c1. The van der Waals surface area contributed by atoms with Gasteiger partial charge in [-0.15, -0.1) is 0 Å². The first-order valence-corrected chi connectivity index (χ1v) is 6.06. The van der Waals surface area contributed by atoms with Gasteiger partial charge in [0.05, 0.1) is 11.6 Å². The maximum Gasteiger partial charge on any atom is 0.124 e. The Hall–Kier alpha value is -1.10. The zero-order valence-corrected chi connectivity index (χ0v) is 10.3. The Bertz CT molecular complexity index is 518. The highest BCUT2D eigenvalue weighted by Crippen LogP contribution is 2.28. The van der Waals surface area contributed by atoms with Gasteiger partial charge in [-0.25, -0.2) is 9.37 Å². The summed E-state index contributed by atoms with van der Waals surface area (Å²) in [6.07, 6.45) is 1.54. The molecule has 88 valence electrons. The lowest BCUT2D eigenvalue weighted by molar-refractivity contribution is 0.281. The van der Waals surface area contributed by atoms with E-state index < -0.39 is 0 Å². The van der Waals surface area contributed by atoms with Crippen molar-refractivity contribution in [3.05, 3.63) is 52.9 Å². The largest absolute Gasteiger partial charge is 0.392 e. The van der Waals surface area contributed by atoms with Crippen LogP contribution in [0.15, 0.2) is 46.5 Å². The molecule has 0 unspecified atom stereocenters. The number of pyridine rings is 1. The average Bonchev–Trinajstić information content (AvgIpc) is 2.31. The van der Waals surface area contributed by atoms with Crippen molar-refractivity contribution < 1.29 is 9.50 Å². The molecule has 0 spiro atoms. The van der Waals surface area contributed by atoms with Crippen molar-refractivity contribution in [2.45, 2.75) is 16.5 Å². The zero-order valence-electron chi connectivity index (χ0n) is 8.73. The third-order valence-electron chi connectivity index (χ3n) is 2.04. The molecular weight excluding hydrogens is 261 g/mol. The summed E-state index contributed by atoms with van der Waals surface area (Å²) in [4.78, 5) is 4.80. The van der Waals surface area contributed by atoms with Gasteiger partial charge in [-0.3, -0.25) is 0 Å². The minimum absolute atomic E-state index is 0.181. The number of hydrogen-bond acceptors (Lipinski definition) is 3. The normalized spacial score (nSPS) is 10.5. The summed E-state index contributed by atoms with van der Waals surface area (Å²) in [6.45, 7) is -0.181. The number of nitrogens with zero attached hydrogens (tertiary/aromatic N) is 1. The van der Waals surface area contributed by atoms with Crippen LogP contribution in [0.3, 0.4) is 0 Å².